The lowest BCUT2D eigenvalue weighted by molar-refractivity contribution is 0.0951. The van der Waals surface area contributed by atoms with Gasteiger partial charge < -0.3 is 4.98 Å². The molecule has 0 aliphatic rings. The van der Waals surface area contributed by atoms with Crippen LogP contribution in [0.3, 0.4) is 0 Å². The van der Waals surface area contributed by atoms with Crippen LogP contribution in [0.2, 0.25) is 0 Å². The third kappa shape index (κ3) is 3.38. The molecule has 1 heterocycles. The predicted molar refractivity (Wildman–Crippen MR) is 99.2 cm³/mol. The molecule has 0 bridgehead atoms. The number of para-hydroxylation sites is 1. The van der Waals surface area contributed by atoms with Crippen LogP contribution in [0.4, 0.5) is 0 Å². The molecule has 0 spiro atoms. The Balaban J connectivity index is 1.95. The molecule has 0 aliphatic heterocycles. The number of aromatic nitrogens is 1. The minimum Gasteiger partial charge on any atom is -0.350 e. The second kappa shape index (κ2) is 7.59. The summed E-state index contributed by atoms with van der Waals surface area (Å²) in [5, 5.41) is 5.08. The van der Waals surface area contributed by atoms with E-state index in [2.05, 4.69) is 22.4 Å². The van der Waals surface area contributed by atoms with Gasteiger partial charge >= 0.3 is 0 Å². The summed E-state index contributed by atoms with van der Waals surface area (Å²) in [5.74, 6) is -0.224. The Morgan fingerprint density at radius 3 is 2.67 bits per heavy atom. The van der Waals surface area contributed by atoms with Gasteiger partial charge in [-0.25, -0.2) is 5.43 Å². The highest BCUT2D eigenvalue weighted by atomic mass is 16.2. The van der Waals surface area contributed by atoms with Gasteiger partial charge in [0.2, 0.25) is 0 Å². The third-order valence-electron chi connectivity index (χ3n) is 3.94. The third-order valence-corrected chi connectivity index (χ3v) is 3.94. The fourth-order valence-corrected chi connectivity index (χ4v) is 2.74. The Morgan fingerprint density at radius 2 is 1.88 bits per heavy atom. The molecule has 24 heavy (non-hydrogen) atoms. The normalized spacial score (nSPS) is 11.2. The topological polar surface area (TPSA) is 57.2 Å². The van der Waals surface area contributed by atoms with Crippen LogP contribution in [-0.2, 0) is 0 Å². The highest BCUT2D eigenvalue weighted by molar-refractivity contribution is 6.09. The first-order chi connectivity index (χ1) is 11.8. The van der Waals surface area contributed by atoms with Crippen molar-refractivity contribution >= 4 is 23.0 Å². The summed E-state index contributed by atoms with van der Waals surface area (Å²) in [4.78, 5) is 15.8. The molecular formula is C20H21N3O. The van der Waals surface area contributed by atoms with E-state index < -0.39 is 0 Å². The summed E-state index contributed by atoms with van der Waals surface area (Å²) in [7, 11) is 0. The maximum Gasteiger partial charge on any atom is 0.288 e. The molecule has 1 aromatic heterocycles. The van der Waals surface area contributed by atoms with Crippen LogP contribution in [0, 0.1) is 0 Å². The van der Waals surface area contributed by atoms with Crippen LogP contribution < -0.4 is 5.43 Å². The summed E-state index contributed by atoms with van der Waals surface area (Å²) in [5.41, 5.74) is 6.03. The Kier molecular flexibility index (Phi) is 5.06. The van der Waals surface area contributed by atoms with E-state index in [4.69, 9.17) is 0 Å². The van der Waals surface area contributed by atoms with Gasteiger partial charge in [0.1, 0.15) is 5.69 Å². The van der Waals surface area contributed by atoms with Crippen molar-refractivity contribution in [2.24, 2.45) is 5.10 Å². The molecular weight excluding hydrogens is 298 g/mol. The molecule has 1 amide bonds. The van der Waals surface area contributed by atoms with Gasteiger partial charge in [-0.05, 0) is 24.5 Å². The van der Waals surface area contributed by atoms with E-state index >= 15 is 0 Å². The average Bonchev–Trinajstić information content (AvgIpc) is 3.02. The first kappa shape index (κ1) is 16.0. The smallest absolute Gasteiger partial charge is 0.288 e. The van der Waals surface area contributed by atoms with Crippen molar-refractivity contribution in [1.82, 2.24) is 10.4 Å². The zero-order valence-electron chi connectivity index (χ0n) is 13.8. The molecule has 4 nitrogen and oxygen atoms in total. The number of rotatable bonds is 6. The van der Waals surface area contributed by atoms with Gasteiger partial charge in [-0.15, -0.1) is 0 Å². The van der Waals surface area contributed by atoms with Gasteiger partial charge in [0.05, 0.1) is 0 Å². The van der Waals surface area contributed by atoms with Crippen LogP contribution in [0.5, 0.6) is 0 Å². The monoisotopic (exact) mass is 319 g/mol. The molecule has 0 radical (unpaired) electrons. The van der Waals surface area contributed by atoms with Crippen LogP contribution in [-0.4, -0.2) is 17.1 Å². The number of hydrogen-bond donors (Lipinski definition) is 2. The van der Waals surface area contributed by atoms with Crippen LogP contribution >= 0.6 is 0 Å². The summed E-state index contributed by atoms with van der Waals surface area (Å²) in [6, 6.07) is 17.9. The number of nitrogens with zero attached hydrogens (tertiary/aromatic N) is 1. The van der Waals surface area contributed by atoms with Crippen molar-refractivity contribution < 1.29 is 4.79 Å². The van der Waals surface area contributed by atoms with Gasteiger partial charge in [0, 0.05) is 22.7 Å². The maximum absolute atomic E-state index is 12.6. The minimum absolute atomic E-state index is 0.224. The van der Waals surface area contributed by atoms with Gasteiger partial charge in [-0.2, -0.15) is 5.10 Å². The number of hydrazone groups is 1. The zero-order chi connectivity index (χ0) is 16.8. The first-order valence-electron chi connectivity index (χ1n) is 8.29. The van der Waals surface area contributed by atoms with E-state index in [9.17, 15) is 4.79 Å². The van der Waals surface area contributed by atoms with Crippen molar-refractivity contribution in [3.05, 3.63) is 60.3 Å². The van der Waals surface area contributed by atoms with Crippen molar-refractivity contribution in [2.45, 2.75) is 26.2 Å². The van der Waals surface area contributed by atoms with E-state index in [1.807, 2.05) is 54.6 Å². The second-order valence-corrected chi connectivity index (χ2v) is 5.68. The molecule has 3 rings (SSSR count). The number of H-pyrrole nitrogens is 1. The number of hydrogen-bond acceptors (Lipinski definition) is 2. The molecule has 0 atom stereocenters. The number of amides is 1. The SMILES string of the molecule is CCCCC=NNC(=O)c1[nH]c2ccccc2c1-c1ccccc1. The molecule has 2 aromatic carbocycles. The maximum atomic E-state index is 12.6. The minimum atomic E-state index is -0.224. The van der Waals surface area contributed by atoms with Gasteiger partial charge in [-0.1, -0.05) is 61.9 Å². The van der Waals surface area contributed by atoms with E-state index in [1.54, 1.807) is 6.21 Å². The molecule has 0 fully saturated rings. The number of nitrogens with one attached hydrogen (secondary N) is 2. The van der Waals surface area contributed by atoms with Gasteiger partial charge in [0.25, 0.3) is 5.91 Å². The number of carbonyl (C=O) groups excluding carboxylic acids is 1. The quantitative estimate of drug-likeness (QED) is 0.385. The highest BCUT2D eigenvalue weighted by Crippen LogP contribution is 2.32. The molecule has 3 aromatic rings. The summed E-state index contributed by atoms with van der Waals surface area (Å²) in [6.45, 7) is 2.13. The summed E-state index contributed by atoms with van der Waals surface area (Å²) < 4.78 is 0. The van der Waals surface area contributed by atoms with Crippen molar-refractivity contribution in [3.8, 4) is 11.1 Å². The molecule has 0 saturated carbocycles. The average molecular weight is 319 g/mol. The number of fused-ring (bicyclic) bond motifs is 1. The number of unbranched alkanes of at least 4 members (excludes halogenated alkanes) is 2. The molecule has 4 heteroatoms. The predicted octanol–water partition coefficient (Wildman–Crippen LogP) is 4.74. The molecule has 0 saturated heterocycles. The van der Waals surface area contributed by atoms with Crippen molar-refractivity contribution in [2.75, 3.05) is 0 Å². The standard InChI is InChI=1S/C20H21N3O/c1-2-3-9-14-21-23-20(24)19-18(15-10-5-4-6-11-15)16-12-7-8-13-17(16)22-19/h4-8,10-14,22H,2-3,9H2,1H3,(H,23,24). The van der Waals surface area contributed by atoms with E-state index in [0.717, 1.165) is 41.3 Å². The van der Waals surface area contributed by atoms with E-state index in [-0.39, 0.29) is 5.91 Å². The largest absolute Gasteiger partial charge is 0.350 e. The fraction of sp³-hybridized carbons (Fsp3) is 0.200. The molecule has 0 unspecified atom stereocenters. The molecule has 2 N–H and O–H groups in total. The lowest BCUT2D eigenvalue weighted by Crippen LogP contribution is -2.18. The summed E-state index contributed by atoms with van der Waals surface area (Å²) >= 11 is 0. The highest BCUT2D eigenvalue weighted by Gasteiger charge is 2.18. The lowest BCUT2D eigenvalue weighted by atomic mass is 10.0. The lowest BCUT2D eigenvalue weighted by Gasteiger charge is -2.04. The van der Waals surface area contributed by atoms with Crippen LogP contribution in [0.1, 0.15) is 36.7 Å². The van der Waals surface area contributed by atoms with Crippen molar-refractivity contribution in [1.29, 1.82) is 0 Å². The van der Waals surface area contributed by atoms with Gasteiger partial charge in [0.15, 0.2) is 0 Å². The Bertz CT molecular complexity index is 850. The Labute approximate surface area is 141 Å². The van der Waals surface area contributed by atoms with E-state index in [0.29, 0.717) is 5.69 Å². The van der Waals surface area contributed by atoms with Gasteiger partial charge in [-0.3, -0.25) is 4.79 Å². The fourth-order valence-electron chi connectivity index (χ4n) is 2.74. The first-order valence-corrected chi connectivity index (χ1v) is 8.29. The zero-order valence-corrected chi connectivity index (χ0v) is 13.8. The van der Waals surface area contributed by atoms with Crippen LogP contribution in [0.25, 0.3) is 22.0 Å². The number of carbonyl (C=O) groups is 1. The summed E-state index contributed by atoms with van der Waals surface area (Å²) in [6.07, 6.45) is 4.81. The van der Waals surface area contributed by atoms with Crippen molar-refractivity contribution in [3.63, 3.8) is 0 Å². The van der Waals surface area contributed by atoms with E-state index in [1.165, 1.54) is 0 Å². The number of aromatic amines is 1. The Hall–Kier alpha value is -2.88. The molecule has 122 valence electrons. The second-order valence-electron chi connectivity index (χ2n) is 5.68. The molecule has 0 aliphatic carbocycles. The number of benzene rings is 2. The Morgan fingerprint density at radius 1 is 1.12 bits per heavy atom. The van der Waals surface area contributed by atoms with Crippen LogP contribution in [0.15, 0.2) is 59.7 Å².